The molecule has 2 rings (SSSR count). The predicted molar refractivity (Wildman–Crippen MR) is 105 cm³/mol. The van der Waals surface area contributed by atoms with Crippen LogP contribution in [0, 0.1) is 0 Å². The molecule has 0 saturated heterocycles. The van der Waals surface area contributed by atoms with Gasteiger partial charge in [0.15, 0.2) is 0 Å². The fourth-order valence-electron chi connectivity index (χ4n) is 2.45. The Balaban J connectivity index is 2.13. The molecule has 0 bridgehead atoms. The number of halogens is 1. The Hall–Kier alpha value is -1.93. The van der Waals surface area contributed by atoms with Crippen LogP contribution in [0.2, 0.25) is 5.02 Å². The van der Waals surface area contributed by atoms with Crippen LogP contribution in [0.4, 0.5) is 0 Å². The third kappa shape index (κ3) is 4.87. The second-order valence-electron chi connectivity index (χ2n) is 6.44. The number of methoxy groups -OCH3 is 1. The van der Waals surface area contributed by atoms with Crippen LogP contribution in [0.5, 0.6) is 0 Å². The third-order valence-corrected chi connectivity index (χ3v) is 6.43. The van der Waals surface area contributed by atoms with E-state index in [1.54, 1.807) is 19.2 Å². The first-order chi connectivity index (χ1) is 12.6. The molecule has 1 amide bonds. The fourth-order valence-corrected chi connectivity index (χ4v) is 3.54. The highest BCUT2D eigenvalue weighted by Crippen LogP contribution is 2.26. The number of hydrogen-bond acceptors (Lipinski definition) is 4. The van der Waals surface area contributed by atoms with Gasteiger partial charge in [0.1, 0.15) is 5.60 Å². The Kier molecular flexibility index (Phi) is 6.64. The van der Waals surface area contributed by atoms with Gasteiger partial charge in [0.05, 0.1) is 11.4 Å². The molecule has 1 N–H and O–H groups in total. The minimum atomic E-state index is -3.53. The minimum Gasteiger partial charge on any atom is -0.372 e. The maximum Gasteiger partial charge on any atom is 0.251 e. The van der Waals surface area contributed by atoms with E-state index in [-0.39, 0.29) is 17.3 Å². The van der Waals surface area contributed by atoms with Crippen molar-refractivity contribution in [2.45, 2.75) is 17.4 Å². The molecule has 2 aromatic rings. The molecule has 0 aliphatic rings. The minimum absolute atomic E-state index is 0.129. The van der Waals surface area contributed by atoms with Gasteiger partial charge in [-0.1, -0.05) is 23.7 Å². The Morgan fingerprint density at radius 3 is 2.33 bits per heavy atom. The van der Waals surface area contributed by atoms with Crippen molar-refractivity contribution in [2.24, 2.45) is 0 Å². The summed E-state index contributed by atoms with van der Waals surface area (Å²) < 4.78 is 30.9. The van der Waals surface area contributed by atoms with E-state index in [9.17, 15) is 13.2 Å². The van der Waals surface area contributed by atoms with E-state index in [4.69, 9.17) is 16.3 Å². The average molecular weight is 411 g/mol. The second-order valence-corrected chi connectivity index (χ2v) is 9.03. The van der Waals surface area contributed by atoms with Crippen molar-refractivity contribution in [1.29, 1.82) is 0 Å². The number of nitrogens with one attached hydrogen (secondary N) is 1. The highest BCUT2D eigenvalue weighted by molar-refractivity contribution is 7.89. The fraction of sp³-hybridized carbons (Fsp3) is 0.316. The summed E-state index contributed by atoms with van der Waals surface area (Å²) in [6.45, 7) is 2.08. The van der Waals surface area contributed by atoms with E-state index in [1.165, 1.54) is 38.4 Å². The number of amides is 1. The zero-order chi connectivity index (χ0) is 20.2. The summed E-state index contributed by atoms with van der Waals surface area (Å²) in [5, 5.41) is 3.41. The van der Waals surface area contributed by atoms with E-state index in [2.05, 4.69) is 5.32 Å². The molecule has 8 heteroatoms. The zero-order valence-electron chi connectivity index (χ0n) is 15.7. The molecule has 0 saturated carbocycles. The highest BCUT2D eigenvalue weighted by Gasteiger charge is 2.27. The van der Waals surface area contributed by atoms with Crippen LogP contribution in [-0.4, -0.2) is 46.4 Å². The largest absolute Gasteiger partial charge is 0.372 e. The van der Waals surface area contributed by atoms with Gasteiger partial charge >= 0.3 is 0 Å². The maximum absolute atomic E-state index is 12.4. The van der Waals surface area contributed by atoms with Gasteiger partial charge in [0.25, 0.3) is 5.91 Å². The quantitative estimate of drug-likeness (QED) is 0.761. The third-order valence-electron chi connectivity index (χ3n) is 4.37. The summed E-state index contributed by atoms with van der Waals surface area (Å²) in [7, 11) is 0.945. The zero-order valence-corrected chi connectivity index (χ0v) is 17.3. The molecule has 0 aromatic heterocycles. The molecule has 0 aliphatic carbocycles. The van der Waals surface area contributed by atoms with Crippen LogP contribution in [0.1, 0.15) is 22.8 Å². The number of nitrogens with zero attached hydrogens (tertiary/aromatic N) is 1. The molecule has 0 aliphatic heterocycles. The van der Waals surface area contributed by atoms with Crippen molar-refractivity contribution >= 4 is 27.5 Å². The summed E-state index contributed by atoms with van der Waals surface area (Å²) in [6.07, 6.45) is 0. The van der Waals surface area contributed by atoms with Crippen molar-refractivity contribution in [1.82, 2.24) is 9.62 Å². The molecule has 0 radical (unpaired) electrons. The van der Waals surface area contributed by atoms with E-state index in [0.717, 1.165) is 9.87 Å². The lowest BCUT2D eigenvalue weighted by atomic mass is 9.95. The topological polar surface area (TPSA) is 75.7 Å². The van der Waals surface area contributed by atoms with Crippen molar-refractivity contribution in [3.05, 3.63) is 64.7 Å². The van der Waals surface area contributed by atoms with Crippen molar-refractivity contribution in [3.63, 3.8) is 0 Å². The second kappa shape index (κ2) is 8.39. The molecule has 146 valence electrons. The van der Waals surface area contributed by atoms with Gasteiger partial charge in [-0.2, -0.15) is 0 Å². The number of hydrogen-bond donors (Lipinski definition) is 1. The SMILES string of the molecule is COC(C)(CNC(=O)c1ccc(S(=O)(=O)N(C)C)cc1)c1cccc(Cl)c1. The van der Waals surface area contributed by atoms with Gasteiger partial charge in [-0.25, -0.2) is 12.7 Å². The summed E-state index contributed by atoms with van der Waals surface area (Å²) >= 11 is 6.04. The Bertz CT molecular complexity index is 914. The van der Waals surface area contributed by atoms with Crippen LogP contribution >= 0.6 is 11.6 Å². The number of sulfonamides is 1. The van der Waals surface area contributed by atoms with Gasteiger partial charge in [0.2, 0.25) is 10.0 Å². The summed E-state index contributed by atoms with van der Waals surface area (Å²) in [6, 6.07) is 13.0. The number of carbonyl (C=O) groups is 1. The van der Waals surface area contributed by atoms with Crippen molar-refractivity contribution in [3.8, 4) is 0 Å². The Labute approximate surface area is 165 Å². The van der Waals surface area contributed by atoms with Gasteiger partial charge in [-0.15, -0.1) is 0 Å². The van der Waals surface area contributed by atoms with Gasteiger partial charge in [0, 0.05) is 31.8 Å². The number of benzene rings is 2. The van der Waals surface area contributed by atoms with Crippen molar-refractivity contribution in [2.75, 3.05) is 27.7 Å². The van der Waals surface area contributed by atoms with E-state index in [0.29, 0.717) is 10.6 Å². The summed E-state index contributed by atoms with van der Waals surface area (Å²) in [4.78, 5) is 12.6. The number of carbonyl (C=O) groups excluding carboxylic acids is 1. The summed E-state index contributed by atoms with van der Waals surface area (Å²) in [5.74, 6) is -0.325. The molecule has 6 nitrogen and oxygen atoms in total. The van der Waals surface area contributed by atoms with Crippen molar-refractivity contribution < 1.29 is 17.9 Å². The lowest BCUT2D eigenvalue weighted by Gasteiger charge is -2.29. The smallest absolute Gasteiger partial charge is 0.251 e. The van der Waals surface area contributed by atoms with Gasteiger partial charge in [-0.3, -0.25) is 4.79 Å². The molecule has 2 aromatic carbocycles. The molecule has 0 heterocycles. The van der Waals surface area contributed by atoms with E-state index >= 15 is 0 Å². The standard InChI is InChI=1S/C19H23ClN2O4S/c1-19(26-4,15-6-5-7-16(20)12-15)13-21-18(23)14-8-10-17(11-9-14)27(24,25)22(2)3/h5-12H,13H2,1-4H3,(H,21,23). The lowest BCUT2D eigenvalue weighted by Crippen LogP contribution is -2.40. The first-order valence-corrected chi connectivity index (χ1v) is 10.0. The molecule has 27 heavy (non-hydrogen) atoms. The van der Waals surface area contributed by atoms with Crippen LogP contribution in [-0.2, 0) is 20.4 Å². The first-order valence-electron chi connectivity index (χ1n) is 8.22. The maximum atomic E-state index is 12.4. The number of rotatable bonds is 7. The van der Waals surface area contributed by atoms with E-state index in [1.807, 2.05) is 19.1 Å². The average Bonchev–Trinajstić information content (AvgIpc) is 2.65. The Morgan fingerprint density at radius 2 is 1.81 bits per heavy atom. The normalized spacial score (nSPS) is 14.0. The van der Waals surface area contributed by atoms with Crippen LogP contribution in [0.25, 0.3) is 0 Å². The predicted octanol–water partition coefficient (Wildman–Crippen LogP) is 2.88. The molecular formula is C19H23ClN2O4S. The summed E-state index contributed by atoms with van der Waals surface area (Å²) in [5.41, 5.74) is 0.442. The lowest BCUT2D eigenvalue weighted by molar-refractivity contribution is 0.00315. The number of ether oxygens (including phenoxy) is 1. The van der Waals surface area contributed by atoms with Crippen LogP contribution in [0.15, 0.2) is 53.4 Å². The molecule has 0 spiro atoms. The monoisotopic (exact) mass is 410 g/mol. The van der Waals surface area contributed by atoms with Crippen LogP contribution < -0.4 is 5.32 Å². The van der Waals surface area contributed by atoms with E-state index < -0.39 is 15.6 Å². The molecule has 0 fully saturated rings. The van der Waals surface area contributed by atoms with Gasteiger partial charge < -0.3 is 10.1 Å². The Morgan fingerprint density at radius 1 is 1.19 bits per heavy atom. The first kappa shape index (κ1) is 21.4. The molecule has 1 atom stereocenters. The van der Waals surface area contributed by atoms with Gasteiger partial charge in [-0.05, 0) is 48.9 Å². The molecule has 1 unspecified atom stereocenters. The molecular weight excluding hydrogens is 388 g/mol. The highest BCUT2D eigenvalue weighted by atomic mass is 35.5. The van der Waals surface area contributed by atoms with Crippen LogP contribution in [0.3, 0.4) is 0 Å².